The van der Waals surface area contributed by atoms with Crippen LogP contribution >= 0.6 is 0 Å². The molecule has 0 radical (unpaired) electrons. The largest absolute Gasteiger partial charge is 0.378 e. The maximum atomic E-state index is 11.6. The molecule has 0 atom stereocenters. The van der Waals surface area contributed by atoms with Gasteiger partial charge < -0.3 is 26.0 Å². The number of hydrogen-bond acceptors (Lipinski definition) is 8. The van der Waals surface area contributed by atoms with Crippen molar-refractivity contribution in [2.45, 2.75) is 18.9 Å². The first-order valence-electron chi connectivity index (χ1n) is 7.08. The van der Waals surface area contributed by atoms with Crippen molar-refractivity contribution >= 4 is 23.8 Å². The van der Waals surface area contributed by atoms with E-state index in [1.165, 1.54) is 0 Å². The summed E-state index contributed by atoms with van der Waals surface area (Å²) >= 11 is 0. The van der Waals surface area contributed by atoms with Gasteiger partial charge in [0.15, 0.2) is 0 Å². The van der Waals surface area contributed by atoms with E-state index in [0.717, 1.165) is 12.8 Å². The maximum absolute atomic E-state index is 11.6. The van der Waals surface area contributed by atoms with Gasteiger partial charge in [-0.3, -0.25) is 4.79 Å². The van der Waals surface area contributed by atoms with Crippen LogP contribution in [-0.2, 0) is 9.53 Å². The Balaban J connectivity index is 1.61. The Labute approximate surface area is 122 Å². The minimum Gasteiger partial charge on any atom is -0.378 e. The van der Waals surface area contributed by atoms with Crippen molar-refractivity contribution in [3.8, 4) is 0 Å². The molecule has 1 saturated carbocycles. The Bertz CT molecular complexity index is 514. The molecule has 0 unspecified atom stereocenters. The van der Waals surface area contributed by atoms with E-state index in [-0.39, 0.29) is 18.4 Å². The number of hydrogen-bond donors (Lipinski definition) is 3. The molecule has 114 valence electrons. The van der Waals surface area contributed by atoms with Crippen LogP contribution in [0.2, 0.25) is 0 Å². The van der Waals surface area contributed by atoms with Crippen LogP contribution < -0.4 is 21.3 Å². The zero-order valence-corrected chi connectivity index (χ0v) is 11.7. The lowest BCUT2D eigenvalue weighted by atomic mass is 10.4. The first kappa shape index (κ1) is 13.8. The number of nitrogens with two attached hydrogens (primary N) is 1. The highest BCUT2D eigenvalue weighted by Gasteiger charge is 2.23. The second-order valence-corrected chi connectivity index (χ2v) is 5.11. The Morgan fingerprint density at radius 3 is 2.76 bits per heavy atom. The molecule has 0 spiro atoms. The molecule has 9 heteroatoms. The summed E-state index contributed by atoms with van der Waals surface area (Å²) in [5, 5.41) is 5.77. The van der Waals surface area contributed by atoms with E-state index in [1.54, 1.807) is 0 Å². The second-order valence-electron chi connectivity index (χ2n) is 5.11. The van der Waals surface area contributed by atoms with Crippen LogP contribution in [-0.4, -0.2) is 59.7 Å². The van der Waals surface area contributed by atoms with Gasteiger partial charge in [-0.25, -0.2) is 0 Å². The van der Waals surface area contributed by atoms with Crippen molar-refractivity contribution in [2.75, 3.05) is 48.8 Å². The number of aromatic nitrogens is 3. The van der Waals surface area contributed by atoms with Crippen molar-refractivity contribution in [3.63, 3.8) is 0 Å². The van der Waals surface area contributed by atoms with Crippen LogP contribution in [0.25, 0.3) is 0 Å². The van der Waals surface area contributed by atoms with Crippen molar-refractivity contribution in [1.82, 2.24) is 20.3 Å². The van der Waals surface area contributed by atoms with Crippen LogP contribution in [0.15, 0.2) is 0 Å². The molecule has 9 nitrogen and oxygen atoms in total. The van der Waals surface area contributed by atoms with Crippen LogP contribution in [0.1, 0.15) is 12.8 Å². The first-order valence-corrected chi connectivity index (χ1v) is 7.08. The molecule has 2 aliphatic rings. The Kier molecular flexibility index (Phi) is 4.00. The summed E-state index contributed by atoms with van der Waals surface area (Å²) < 4.78 is 5.29. The number of morpholine rings is 1. The van der Waals surface area contributed by atoms with E-state index in [1.807, 2.05) is 4.90 Å². The summed E-state index contributed by atoms with van der Waals surface area (Å²) in [5.74, 6) is 0.895. The van der Waals surface area contributed by atoms with E-state index < -0.39 is 0 Å². The van der Waals surface area contributed by atoms with Gasteiger partial charge in [0.05, 0.1) is 19.8 Å². The Morgan fingerprint density at radius 1 is 1.29 bits per heavy atom. The van der Waals surface area contributed by atoms with E-state index in [4.69, 9.17) is 10.5 Å². The number of nitrogens with one attached hydrogen (secondary N) is 2. The molecule has 1 aromatic heterocycles. The molecule has 1 saturated heterocycles. The van der Waals surface area contributed by atoms with Gasteiger partial charge in [0, 0.05) is 19.1 Å². The molecule has 2 heterocycles. The highest BCUT2D eigenvalue weighted by molar-refractivity contribution is 5.80. The van der Waals surface area contributed by atoms with Gasteiger partial charge >= 0.3 is 0 Å². The number of ether oxygens (including phenoxy) is 1. The molecule has 3 rings (SSSR count). The third-order valence-electron chi connectivity index (χ3n) is 3.28. The van der Waals surface area contributed by atoms with Crippen LogP contribution in [0.5, 0.6) is 0 Å². The molecule has 4 N–H and O–H groups in total. The van der Waals surface area contributed by atoms with E-state index >= 15 is 0 Å². The van der Waals surface area contributed by atoms with Crippen LogP contribution in [0.3, 0.4) is 0 Å². The van der Waals surface area contributed by atoms with E-state index in [2.05, 4.69) is 25.6 Å². The lowest BCUT2D eigenvalue weighted by molar-refractivity contribution is -0.119. The Morgan fingerprint density at radius 2 is 2.05 bits per heavy atom. The van der Waals surface area contributed by atoms with Crippen LogP contribution in [0.4, 0.5) is 17.8 Å². The zero-order chi connectivity index (χ0) is 14.7. The third-order valence-corrected chi connectivity index (χ3v) is 3.28. The number of anilines is 3. The fourth-order valence-electron chi connectivity index (χ4n) is 2.03. The van der Waals surface area contributed by atoms with Crippen molar-refractivity contribution in [1.29, 1.82) is 0 Å². The van der Waals surface area contributed by atoms with E-state index in [0.29, 0.717) is 44.2 Å². The van der Waals surface area contributed by atoms with Gasteiger partial charge in [-0.05, 0) is 12.8 Å². The van der Waals surface area contributed by atoms with Gasteiger partial charge in [0.25, 0.3) is 0 Å². The number of nitrogens with zero attached hydrogens (tertiary/aromatic N) is 4. The van der Waals surface area contributed by atoms with Crippen molar-refractivity contribution in [3.05, 3.63) is 0 Å². The molecule has 1 aromatic rings. The smallest absolute Gasteiger partial charge is 0.239 e. The average Bonchev–Trinajstić information content (AvgIpc) is 3.29. The predicted octanol–water partition coefficient (Wildman–Crippen LogP) is -1.02. The van der Waals surface area contributed by atoms with Gasteiger partial charge in [-0.15, -0.1) is 0 Å². The molecule has 21 heavy (non-hydrogen) atoms. The first-order chi connectivity index (χ1) is 10.2. The lowest BCUT2D eigenvalue weighted by Gasteiger charge is -2.26. The molecule has 0 bridgehead atoms. The highest BCUT2D eigenvalue weighted by atomic mass is 16.5. The lowest BCUT2D eigenvalue weighted by Crippen LogP contribution is -2.38. The topological polar surface area (TPSA) is 118 Å². The van der Waals surface area contributed by atoms with Crippen LogP contribution in [0, 0.1) is 0 Å². The standard InChI is InChI=1S/C12H19N7O2/c13-10-16-11(14-7-9(20)15-8-1-2-8)18-12(17-10)19-3-5-21-6-4-19/h8H,1-7H2,(H,15,20)(H3,13,14,16,17,18). The number of carbonyl (C=O) groups is 1. The molecule has 1 aliphatic carbocycles. The quantitative estimate of drug-likeness (QED) is 0.631. The number of rotatable bonds is 5. The molecule has 2 fully saturated rings. The minimum absolute atomic E-state index is 0.0654. The molecular weight excluding hydrogens is 274 g/mol. The molecule has 1 amide bonds. The fourth-order valence-corrected chi connectivity index (χ4v) is 2.03. The van der Waals surface area contributed by atoms with Gasteiger partial charge in [-0.1, -0.05) is 0 Å². The predicted molar refractivity (Wildman–Crippen MR) is 76.9 cm³/mol. The monoisotopic (exact) mass is 293 g/mol. The van der Waals surface area contributed by atoms with Gasteiger partial charge in [-0.2, -0.15) is 15.0 Å². The normalized spacial score (nSPS) is 18.4. The summed E-state index contributed by atoms with van der Waals surface area (Å²) in [6.07, 6.45) is 2.12. The van der Waals surface area contributed by atoms with Gasteiger partial charge in [0.2, 0.25) is 23.8 Å². The second kappa shape index (κ2) is 6.08. The number of carbonyl (C=O) groups excluding carboxylic acids is 1. The van der Waals surface area contributed by atoms with E-state index in [9.17, 15) is 4.79 Å². The summed E-state index contributed by atoms with van der Waals surface area (Å²) in [4.78, 5) is 26.0. The maximum Gasteiger partial charge on any atom is 0.239 e. The summed E-state index contributed by atoms with van der Waals surface area (Å²) in [6.45, 7) is 2.83. The average molecular weight is 293 g/mol. The highest BCUT2D eigenvalue weighted by Crippen LogP contribution is 2.18. The molecular formula is C12H19N7O2. The Hall–Kier alpha value is -2.16. The van der Waals surface area contributed by atoms with Gasteiger partial charge in [0.1, 0.15) is 0 Å². The molecule has 1 aliphatic heterocycles. The van der Waals surface area contributed by atoms with Crippen molar-refractivity contribution in [2.24, 2.45) is 0 Å². The SMILES string of the molecule is Nc1nc(NCC(=O)NC2CC2)nc(N2CCOCC2)n1. The zero-order valence-electron chi connectivity index (χ0n) is 11.7. The fraction of sp³-hybridized carbons (Fsp3) is 0.667. The molecule has 0 aromatic carbocycles. The van der Waals surface area contributed by atoms with Crippen molar-refractivity contribution < 1.29 is 9.53 Å². The minimum atomic E-state index is -0.0654. The third kappa shape index (κ3) is 3.91. The summed E-state index contributed by atoms with van der Waals surface area (Å²) in [6, 6.07) is 0.339. The summed E-state index contributed by atoms with van der Waals surface area (Å²) in [5.41, 5.74) is 5.70. The number of nitrogen functional groups attached to an aromatic ring is 1. The summed E-state index contributed by atoms with van der Waals surface area (Å²) in [7, 11) is 0. The number of amides is 1.